The van der Waals surface area contributed by atoms with Crippen LogP contribution in [0.15, 0.2) is 18.7 Å². The lowest BCUT2D eigenvalue weighted by molar-refractivity contribution is 0.118. The minimum absolute atomic E-state index is 0.499. The van der Waals surface area contributed by atoms with Crippen molar-refractivity contribution in [3.63, 3.8) is 0 Å². The zero-order valence-electron chi connectivity index (χ0n) is 12.6. The second kappa shape index (κ2) is 7.53. The number of ether oxygens (including phenoxy) is 1. The van der Waals surface area contributed by atoms with E-state index in [1.165, 1.54) is 0 Å². The van der Waals surface area contributed by atoms with Crippen molar-refractivity contribution in [1.82, 2.24) is 24.5 Å². The molecule has 0 fully saturated rings. The van der Waals surface area contributed by atoms with Gasteiger partial charge in [0.25, 0.3) is 0 Å². The van der Waals surface area contributed by atoms with E-state index < -0.39 is 0 Å². The largest absolute Gasteiger partial charge is 0.379 e. The van der Waals surface area contributed by atoms with Gasteiger partial charge in [-0.15, -0.1) is 0 Å². The van der Waals surface area contributed by atoms with E-state index in [9.17, 15) is 0 Å². The summed E-state index contributed by atoms with van der Waals surface area (Å²) in [5, 5.41) is 6.05. The van der Waals surface area contributed by atoms with Gasteiger partial charge in [-0.3, -0.25) is 4.57 Å². The van der Waals surface area contributed by atoms with Crippen LogP contribution < -0.4 is 10.6 Å². The van der Waals surface area contributed by atoms with Crippen molar-refractivity contribution in [2.45, 2.75) is 13.8 Å². The molecule has 2 rings (SSSR count). The predicted octanol–water partition coefficient (Wildman–Crippen LogP) is 1.18. The molecular formula is C13H21N7O. The number of imidazole rings is 1. The maximum absolute atomic E-state index is 5.51. The Hall–Kier alpha value is -2.22. The summed E-state index contributed by atoms with van der Waals surface area (Å²) in [5.74, 6) is 2.05. The fraction of sp³-hybridized carbons (Fsp3) is 0.538. The Morgan fingerprint density at radius 1 is 1.24 bits per heavy atom. The monoisotopic (exact) mass is 291 g/mol. The molecular weight excluding hydrogens is 270 g/mol. The molecule has 0 radical (unpaired) electrons. The highest BCUT2D eigenvalue weighted by molar-refractivity contribution is 5.37. The highest BCUT2D eigenvalue weighted by atomic mass is 16.5. The second-order valence-corrected chi connectivity index (χ2v) is 4.90. The van der Waals surface area contributed by atoms with Crippen molar-refractivity contribution in [2.75, 3.05) is 37.4 Å². The fourth-order valence-corrected chi connectivity index (χ4v) is 1.60. The first-order valence-corrected chi connectivity index (χ1v) is 6.93. The van der Waals surface area contributed by atoms with E-state index in [-0.39, 0.29) is 0 Å². The Balaban J connectivity index is 1.97. The summed E-state index contributed by atoms with van der Waals surface area (Å²) in [6.07, 6.45) is 5.10. The van der Waals surface area contributed by atoms with Gasteiger partial charge in [-0.1, -0.05) is 13.8 Å². The van der Waals surface area contributed by atoms with Gasteiger partial charge in [0.1, 0.15) is 6.33 Å². The van der Waals surface area contributed by atoms with Crippen LogP contribution in [0.1, 0.15) is 13.8 Å². The van der Waals surface area contributed by atoms with Crippen LogP contribution in [-0.2, 0) is 4.74 Å². The molecule has 0 aliphatic rings. The van der Waals surface area contributed by atoms with Crippen molar-refractivity contribution in [3.8, 4) is 5.95 Å². The molecule has 0 aliphatic carbocycles. The molecule has 2 aromatic heterocycles. The number of rotatable bonds is 8. The Kier molecular flexibility index (Phi) is 5.44. The number of hydrogen-bond donors (Lipinski definition) is 2. The van der Waals surface area contributed by atoms with Crippen molar-refractivity contribution >= 4 is 11.9 Å². The summed E-state index contributed by atoms with van der Waals surface area (Å²) in [5.41, 5.74) is 0. The smallest absolute Gasteiger partial charge is 0.241 e. The van der Waals surface area contributed by atoms with Crippen molar-refractivity contribution < 1.29 is 4.74 Å². The van der Waals surface area contributed by atoms with Gasteiger partial charge in [0.05, 0.1) is 6.61 Å². The lowest BCUT2D eigenvalue weighted by atomic mass is 10.2. The van der Waals surface area contributed by atoms with Crippen LogP contribution in [0.5, 0.6) is 0 Å². The Morgan fingerprint density at radius 2 is 2.05 bits per heavy atom. The molecule has 0 aromatic carbocycles. The van der Waals surface area contributed by atoms with E-state index in [4.69, 9.17) is 4.74 Å². The van der Waals surface area contributed by atoms with E-state index in [1.54, 1.807) is 30.3 Å². The van der Waals surface area contributed by atoms with Crippen LogP contribution >= 0.6 is 0 Å². The summed E-state index contributed by atoms with van der Waals surface area (Å²) < 4.78 is 7.24. The molecule has 8 nitrogen and oxygen atoms in total. The van der Waals surface area contributed by atoms with Gasteiger partial charge in [0.15, 0.2) is 0 Å². The van der Waals surface area contributed by atoms with Crippen LogP contribution in [0.4, 0.5) is 11.9 Å². The Morgan fingerprint density at radius 3 is 2.71 bits per heavy atom. The minimum atomic E-state index is 0.499. The second-order valence-electron chi connectivity index (χ2n) is 4.90. The quantitative estimate of drug-likeness (QED) is 0.706. The molecule has 0 atom stereocenters. The molecule has 2 aromatic rings. The SMILES string of the molecule is CNc1nc(NCCOCC(C)C)nc(-n2ccnc2)n1. The molecule has 0 amide bonds. The van der Waals surface area contributed by atoms with Gasteiger partial charge < -0.3 is 15.4 Å². The van der Waals surface area contributed by atoms with E-state index in [0.717, 1.165) is 6.61 Å². The third-order valence-corrected chi connectivity index (χ3v) is 2.56. The summed E-state index contributed by atoms with van der Waals surface area (Å²) in [6, 6.07) is 0. The maximum Gasteiger partial charge on any atom is 0.241 e. The van der Waals surface area contributed by atoms with Gasteiger partial charge in [-0.05, 0) is 5.92 Å². The highest BCUT2D eigenvalue weighted by Crippen LogP contribution is 2.08. The van der Waals surface area contributed by atoms with Gasteiger partial charge in [0.2, 0.25) is 17.8 Å². The molecule has 114 valence electrons. The molecule has 0 spiro atoms. The predicted molar refractivity (Wildman–Crippen MR) is 80.6 cm³/mol. The molecule has 21 heavy (non-hydrogen) atoms. The van der Waals surface area contributed by atoms with Gasteiger partial charge in [0, 0.05) is 32.6 Å². The van der Waals surface area contributed by atoms with Gasteiger partial charge in [-0.25, -0.2) is 4.98 Å². The van der Waals surface area contributed by atoms with Crippen LogP contribution in [-0.4, -0.2) is 51.3 Å². The lowest BCUT2D eigenvalue weighted by Crippen LogP contribution is -2.15. The first-order valence-electron chi connectivity index (χ1n) is 6.93. The standard InChI is InChI=1S/C13H21N7O/c1-10(2)8-21-7-5-16-12-17-11(14-3)18-13(19-12)20-6-4-15-9-20/h4,6,9-10H,5,7-8H2,1-3H3,(H2,14,16,17,18,19). The third-order valence-electron chi connectivity index (χ3n) is 2.56. The normalized spacial score (nSPS) is 10.9. The van der Waals surface area contributed by atoms with Gasteiger partial charge in [-0.2, -0.15) is 15.0 Å². The summed E-state index contributed by atoms with van der Waals surface area (Å²) in [4.78, 5) is 16.9. The van der Waals surface area contributed by atoms with E-state index in [1.807, 2.05) is 0 Å². The van der Waals surface area contributed by atoms with Crippen LogP contribution in [0.2, 0.25) is 0 Å². The van der Waals surface area contributed by atoms with Crippen LogP contribution in [0.3, 0.4) is 0 Å². The molecule has 0 unspecified atom stereocenters. The zero-order valence-corrected chi connectivity index (χ0v) is 12.6. The van der Waals surface area contributed by atoms with Crippen molar-refractivity contribution in [3.05, 3.63) is 18.7 Å². The maximum atomic E-state index is 5.51. The zero-order chi connectivity index (χ0) is 15.1. The fourth-order valence-electron chi connectivity index (χ4n) is 1.60. The number of aromatic nitrogens is 5. The van der Waals surface area contributed by atoms with E-state index >= 15 is 0 Å². The van der Waals surface area contributed by atoms with Gasteiger partial charge >= 0.3 is 0 Å². The first kappa shape index (κ1) is 15.2. The minimum Gasteiger partial charge on any atom is -0.379 e. The third kappa shape index (κ3) is 4.67. The number of nitrogens with one attached hydrogen (secondary N) is 2. The van der Waals surface area contributed by atoms with E-state index in [0.29, 0.717) is 36.9 Å². The number of nitrogens with zero attached hydrogens (tertiary/aromatic N) is 5. The van der Waals surface area contributed by atoms with Crippen LogP contribution in [0, 0.1) is 5.92 Å². The van der Waals surface area contributed by atoms with Crippen molar-refractivity contribution in [1.29, 1.82) is 0 Å². The molecule has 8 heteroatoms. The Labute approximate surface area is 124 Å². The molecule has 2 heterocycles. The average Bonchev–Trinajstić information content (AvgIpc) is 3.00. The van der Waals surface area contributed by atoms with E-state index in [2.05, 4.69) is 44.4 Å². The molecule has 0 bridgehead atoms. The van der Waals surface area contributed by atoms with Crippen molar-refractivity contribution in [2.24, 2.45) is 5.92 Å². The number of anilines is 2. The lowest BCUT2D eigenvalue weighted by Gasteiger charge is -2.10. The molecule has 0 saturated carbocycles. The summed E-state index contributed by atoms with van der Waals surface area (Å²) >= 11 is 0. The van der Waals surface area contributed by atoms with Crippen LogP contribution in [0.25, 0.3) is 5.95 Å². The first-order chi connectivity index (χ1) is 10.2. The number of hydrogen-bond acceptors (Lipinski definition) is 7. The molecule has 0 aliphatic heterocycles. The molecule has 0 saturated heterocycles. The highest BCUT2D eigenvalue weighted by Gasteiger charge is 2.06. The summed E-state index contributed by atoms with van der Waals surface area (Å²) in [6.45, 7) is 6.25. The molecule has 2 N–H and O–H groups in total. The summed E-state index contributed by atoms with van der Waals surface area (Å²) in [7, 11) is 1.77. The average molecular weight is 291 g/mol. The topological polar surface area (TPSA) is 89.8 Å². The Bertz CT molecular complexity index is 541.